The van der Waals surface area contributed by atoms with Gasteiger partial charge < -0.3 is 9.67 Å². The van der Waals surface area contributed by atoms with E-state index in [4.69, 9.17) is 0 Å². The quantitative estimate of drug-likeness (QED) is 0.780. The van der Waals surface area contributed by atoms with E-state index in [2.05, 4.69) is 0 Å². The molecule has 0 saturated carbocycles. The Bertz CT molecular complexity index is 1050. The third-order valence-corrected chi connectivity index (χ3v) is 4.24. The number of aryl methyl sites for hydroxylation is 3. The van der Waals surface area contributed by atoms with E-state index in [-0.39, 0.29) is 10.9 Å². The average molecular weight is 325 g/mol. The summed E-state index contributed by atoms with van der Waals surface area (Å²) in [5.41, 5.74) is 1.68. The maximum atomic E-state index is 14.4. The summed E-state index contributed by atoms with van der Waals surface area (Å²) in [6, 6.07) is 8.77. The first-order chi connectivity index (χ1) is 11.3. The minimum absolute atomic E-state index is 0.203. The number of nitrogens with zero attached hydrogens (tertiary/aromatic N) is 1. The fraction of sp³-hybridized carbons (Fsp3) is 0.158. The Hall–Kier alpha value is -2.95. The number of aromatic carboxylic acids is 1. The second-order valence-corrected chi connectivity index (χ2v) is 5.86. The minimum Gasteiger partial charge on any atom is -0.477 e. The molecule has 5 heteroatoms. The van der Waals surface area contributed by atoms with E-state index in [1.807, 2.05) is 31.2 Å². The van der Waals surface area contributed by atoms with E-state index in [1.54, 1.807) is 18.4 Å². The van der Waals surface area contributed by atoms with E-state index >= 15 is 0 Å². The molecule has 0 bridgehead atoms. The lowest BCUT2D eigenvalue weighted by Crippen LogP contribution is -2.19. The van der Waals surface area contributed by atoms with Crippen LogP contribution in [0.3, 0.4) is 0 Å². The van der Waals surface area contributed by atoms with Crippen molar-refractivity contribution in [3.63, 3.8) is 0 Å². The fourth-order valence-corrected chi connectivity index (χ4v) is 3.01. The number of halogens is 1. The minimum atomic E-state index is -1.30. The van der Waals surface area contributed by atoms with Crippen LogP contribution in [0.1, 0.15) is 27.0 Å². The Morgan fingerprint density at radius 2 is 1.79 bits per heavy atom. The highest BCUT2D eigenvalue weighted by Gasteiger charge is 2.19. The molecule has 1 N–H and O–H groups in total. The van der Waals surface area contributed by atoms with Crippen LogP contribution in [0.5, 0.6) is 0 Å². The molecule has 0 aliphatic heterocycles. The number of pyridine rings is 1. The first-order valence-electron chi connectivity index (χ1n) is 7.47. The third-order valence-electron chi connectivity index (χ3n) is 4.24. The standard InChI is InChI=1S/C19H16FNO3/c1-10-6-4-5-7-15(10)21-9-14(19(23)24)18(22)13-8-11(2)16(20)12(3)17(13)21/h4-9H,1-3H3,(H,23,24). The summed E-state index contributed by atoms with van der Waals surface area (Å²) >= 11 is 0. The van der Waals surface area contributed by atoms with Crippen LogP contribution in [-0.4, -0.2) is 15.6 Å². The Morgan fingerprint density at radius 3 is 2.42 bits per heavy atom. The number of rotatable bonds is 2. The number of benzene rings is 2. The molecule has 4 nitrogen and oxygen atoms in total. The molecule has 0 fully saturated rings. The van der Waals surface area contributed by atoms with Gasteiger partial charge in [-0.05, 0) is 44.0 Å². The van der Waals surface area contributed by atoms with Gasteiger partial charge in [-0.3, -0.25) is 4.79 Å². The number of hydrogen-bond donors (Lipinski definition) is 1. The molecule has 0 amide bonds. The number of para-hydroxylation sites is 1. The second-order valence-electron chi connectivity index (χ2n) is 5.86. The molecule has 0 spiro atoms. The molecular formula is C19H16FNO3. The van der Waals surface area contributed by atoms with Gasteiger partial charge in [0.1, 0.15) is 11.4 Å². The highest BCUT2D eigenvalue weighted by molar-refractivity contribution is 5.94. The molecule has 0 aliphatic rings. The smallest absolute Gasteiger partial charge is 0.341 e. The van der Waals surface area contributed by atoms with E-state index in [1.165, 1.54) is 12.3 Å². The molecule has 1 heterocycles. The van der Waals surface area contributed by atoms with Gasteiger partial charge in [0.2, 0.25) is 5.43 Å². The van der Waals surface area contributed by atoms with Crippen molar-refractivity contribution in [2.24, 2.45) is 0 Å². The molecule has 3 aromatic rings. The third kappa shape index (κ3) is 2.29. The van der Waals surface area contributed by atoms with Crippen LogP contribution in [0, 0.1) is 26.6 Å². The van der Waals surface area contributed by atoms with Crippen LogP contribution < -0.4 is 5.43 Å². The Morgan fingerprint density at radius 1 is 1.12 bits per heavy atom. The van der Waals surface area contributed by atoms with E-state index in [9.17, 15) is 19.1 Å². The summed E-state index contributed by atoms with van der Waals surface area (Å²) < 4.78 is 16.0. The number of fused-ring (bicyclic) bond motifs is 1. The molecule has 0 radical (unpaired) electrons. The van der Waals surface area contributed by atoms with Gasteiger partial charge >= 0.3 is 5.97 Å². The Balaban J connectivity index is 2.60. The van der Waals surface area contributed by atoms with Crippen molar-refractivity contribution in [1.82, 2.24) is 4.57 Å². The molecule has 0 aliphatic carbocycles. The van der Waals surface area contributed by atoms with Crippen molar-refractivity contribution in [1.29, 1.82) is 0 Å². The zero-order valence-corrected chi connectivity index (χ0v) is 13.6. The zero-order valence-electron chi connectivity index (χ0n) is 13.6. The predicted molar refractivity (Wildman–Crippen MR) is 90.7 cm³/mol. The summed E-state index contributed by atoms with van der Waals surface area (Å²) in [5, 5.41) is 9.57. The first kappa shape index (κ1) is 15.9. The molecule has 2 aromatic carbocycles. The van der Waals surface area contributed by atoms with Gasteiger partial charge in [-0.15, -0.1) is 0 Å². The molecule has 122 valence electrons. The molecule has 3 rings (SSSR count). The summed E-state index contributed by atoms with van der Waals surface area (Å²) in [7, 11) is 0. The molecule has 0 saturated heterocycles. The topological polar surface area (TPSA) is 59.3 Å². The lowest BCUT2D eigenvalue weighted by atomic mass is 10.0. The maximum Gasteiger partial charge on any atom is 0.341 e. The Kier molecular flexibility index (Phi) is 3.72. The second kappa shape index (κ2) is 5.60. The van der Waals surface area contributed by atoms with Crippen molar-refractivity contribution in [2.45, 2.75) is 20.8 Å². The van der Waals surface area contributed by atoms with Crippen LogP contribution in [0.4, 0.5) is 4.39 Å². The molecular weight excluding hydrogens is 309 g/mol. The van der Waals surface area contributed by atoms with Gasteiger partial charge in [0.15, 0.2) is 0 Å². The van der Waals surface area contributed by atoms with Crippen molar-refractivity contribution in [3.8, 4) is 5.69 Å². The van der Waals surface area contributed by atoms with Gasteiger partial charge in [-0.25, -0.2) is 9.18 Å². The Labute approximate surface area is 137 Å². The van der Waals surface area contributed by atoms with Crippen LogP contribution in [0.25, 0.3) is 16.6 Å². The van der Waals surface area contributed by atoms with E-state index in [0.717, 1.165) is 5.56 Å². The van der Waals surface area contributed by atoms with E-state index in [0.29, 0.717) is 22.3 Å². The zero-order chi connectivity index (χ0) is 17.6. The fourth-order valence-electron chi connectivity index (χ4n) is 3.01. The van der Waals surface area contributed by atoms with Gasteiger partial charge in [-0.1, -0.05) is 18.2 Å². The number of carbonyl (C=O) groups is 1. The van der Waals surface area contributed by atoms with Crippen LogP contribution >= 0.6 is 0 Å². The van der Waals surface area contributed by atoms with Gasteiger partial charge in [0, 0.05) is 22.8 Å². The number of aromatic nitrogens is 1. The normalized spacial score (nSPS) is 11.0. The average Bonchev–Trinajstić information content (AvgIpc) is 2.54. The summed E-state index contributed by atoms with van der Waals surface area (Å²) in [6.45, 7) is 5.03. The molecule has 0 unspecified atom stereocenters. The molecule has 24 heavy (non-hydrogen) atoms. The predicted octanol–water partition coefficient (Wildman–Crippen LogP) is 3.75. The van der Waals surface area contributed by atoms with Gasteiger partial charge in [0.25, 0.3) is 0 Å². The highest BCUT2D eigenvalue weighted by Crippen LogP contribution is 2.26. The summed E-state index contributed by atoms with van der Waals surface area (Å²) in [4.78, 5) is 24.0. The largest absolute Gasteiger partial charge is 0.477 e. The van der Waals surface area contributed by atoms with Gasteiger partial charge in [-0.2, -0.15) is 0 Å². The van der Waals surface area contributed by atoms with Crippen molar-refractivity contribution in [2.75, 3.05) is 0 Å². The number of carboxylic acids is 1. The van der Waals surface area contributed by atoms with Gasteiger partial charge in [0.05, 0.1) is 5.52 Å². The van der Waals surface area contributed by atoms with Crippen molar-refractivity contribution < 1.29 is 14.3 Å². The number of hydrogen-bond acceptors (Lipinski definition) is 2. The number of carboxylic acid groups (broad SMARTS) is 1. The molecule has 1 aromatic heterocycles. The van der Waals surface area contributed by atoms with Crippen molar-refractivity contribution in [3.05, 3.63) is 74.8 Å². The van der Waals surface area contributed by atoms with Crippen LogP contribution in [0.15, 0.2) is 41.3 Å². The summed E-state index contributed by atoms with van der Waals surface area (Å²) in [5.74, 6) is -1.70. The maximum absolute atomic E-state index is 14.4. The van der Waals surface area contributed by atoms with Crippen LogP contribution in [0.2, 0.25) is 0 Å². The monoisotopic (exact) mass is 325 g/mol. The van der Waals surface area contributed by atoms with Crippen molar-refractivity contribution >= 4 is 16.9 Å². The lowest BCUT2D eigenvalue weighted by molar-refractivity contribution is 0.0695. The van der Waals surface area contributed by atoms with E-state index < -0.39 is 17.2 Å². The lowest BCUT2D eigenvalue weighted by Gasteiger charge is -2.17. The summed E-state index contributed by atoms with van der Waals surface area (Å²) in [6.07, 6.45) is 1.27. The highest BCUT2D eigenvalue weighted by atomic mass is 19.1. The SMILES string of the molecule is Cc1ccccc1-n1cc(C(=O)O)c(=O)c2cc(C)c(F)c(C)c21. The van der Waals surface area contributed by atoms with Crippen LogP contribution in [-0.2, 0) is 0 Å². The first-order valence-corrected chi connectivity index (χ1v) is 7.47. The molecule has 0 atom stereocenters.